The van der Waals surface area contributed by atoms with Crippen molar-refractivity contribution < 1.29 is 4.74 Å². The first-order valence-electron chi connectivity index (χ1n) is 9.94. The van der Waals surface area contributed by atoms with Gasteiger partial charge in [0, 0.05) is 37.8 Å². The fraction of sp³-hybridized carbons (Fsp3) is 0.545. The van der Waals surface area contributed by atoms with E-state index in [1.165, 1.54) is 42.0 Å². The van der Waals surface area contributed by atoms with E-state index in [0.29, 0.717) is 12.6 Å². The summed E-state index contributed by atoms with van der Waals surface area (Å²) in [5.41, 5.74) is 1.40. The highest BCUT2D eigenvalue weighted by Crippen LogP contribution is 2.39. The maximum Gasteiger partial charge on any atom is 0.124 e. The predicted octanol–water partition coefficient (Wildman–Crippen LogP) is 5.61. The van der Waals surface area contributed by atoms with E-state index in [2.05, 4.69) is 60.5 Å². The number of halogens is 2. The average Bonchev–Trinajstić information content (AvgIpc) is 2.67. The van der Waals surface area contributed by atoms with Gasteiger partial charge in [0.2, 0.25) is 0 Å². The van der Waals surface area contributed by atoms with Gasteiger partial charge in [-0.25, -0.2) is 0 Å². The van der Waals surface area contributed by atoms with E-state index in [1.54, 1.807) is 0 Å². The lowest BCUT2D eigenvalue weighted by atomic mass is 9.92. The minimum absolute atomic E-state index is 0. The van der Waals surface area contributed by atoms with Crippen LogP contribution in [0.25, 0.3) is 10.8 Å². The number of nitrogens with one attached hydrogen (secondary N) is 1. The summed E-state index contributed by atoms with van der Waals surface area (Å²) in [6, 6.07) is 13.6. The van der Waals surface area contributed by atoms with Gasteiger partial charge in [-0.15, -0.1) is 24.8 Å². The molecule has 1 N–H and O–H groups in total. The highest BCUT2D eigenvalue weighted by atomic mass is 35.5. The molecule has 1 aliphatic rings. The number of rotatable bonds is 8. The minimum Gasteiger partial charge on any atom is -0.494 e. The highest BCUT2D eigenvalue weighted by molar-refractivity contribution is 5.88. The maximum atomic E-state index is 6.08. The van der Waals surface area contributed by atoms with Gasteiger partial charge < -0.3 is 10.1 Å². The van der Waals surface area contributed by atoms with Crippen LogP contribution in [-0.2, 0) is 0 Å². The Balaban J connectivity index is 0.00000182. The molecule has 0 aliphatic carbocycles. The molecule has 0 aromatic heterocycles. The van der Waals surface area contributed by atoms with Crippen molar-refractivity contribution in [3.05, 3.63) is 42.0 Å². The molecule has 0 radical (unpaired) electrons. The van der Waals surface area contributed by atoms with Crippen LogP contribution in [0.5, 0.6) is 5.75 Å². The van der Waals surface area contributed by atoms with Gasteiger partial charge in [0.25, 0.3) is 0 Å². The van der Waals surface area contributed by atoms with Crippen molar-refractivity contribution in [2.75, 3.05) is 32.8 Å². The molecule has 0 saturated carbocycles. The second-order valence-electron chi connectivity index (χ2n) is 6.93. The van der Waals surface area contributed by atoms with Crippen molar-refractivity contribution in [2.45, 2.75) is 45.6 Å². The van der Waals surface area contributed by atoms with Gasteiger partial charge in [-0.1, -0.05) is 56.5 Å². The van der Waals surface area contributed by atoms with Crippen LogP contribution >= 0.6 is 24.8 Å². The van der Waals surface area contributed by atoms with Crippen molar-refractivity contribution in [3.8, 4) is 5.75 Å². The summed E-state index contributed by atoms with van der Waals surface area (Å²) in [4.78, 5) is 2.66. The molecule has 1 fully saturated rings. The van der Waals surface area contributed by atoms with E-state index in [0.717, 1.165) is 31.9 Å². The normalized spacial score (nSPS) is 15.6. The Morgan fingerprint density at radius 2 is 1.74 bits per heavy atom. The van der Waals surface area contributed by atoms with Crippen LogP contribution in [0.1, 0.15) is 51.1 Å². The van der Waals surface area contributed by atoms with Crippen LogP contribution in [0.2, 0.25) is 0 Å². The Hall–Kier alpha value is -1.00. The first-order valence-corrected chi connectivity index (χ1v) is 9.94. The van der Waals surface area contributed by atoms with Crippen molar-refractivity contribution in [3.63, 3.8) is 0 Å². The summed E-state index contributed by atoms with van der Waals surface area (Å²) in [6.07, 6.45) is 5.06. The van der Waals surface area contributed by atoms with Gasteiger partial charge in [-0.3, -0.25) is 4.90 Å². The van der Waals surface area contributed by atoms with Crippen molar-refractivity contribution in [1.82, 2.24) is 10.2 Å². The van der Waals surface area contributed by atoms with E-state index in [1.807, 2.05) is 0 Å². The first-order chi connectivity index (χ1) is 12.3. The molecule has 1 heterocycles. The smallest absolute Gasteiger partial charge is 0.124 e. The predicted molar refractivity (Wildman–Crippen MR) is 121 cm³/mol. The molecule has 27 heavy (non-hydrogen) atoms. The molecule has 1 saturated heterocycles. The molecule has 1 atom stereocenters. The molecule has 5 heteroatoms. The monoisotopic (exact) mass is 412 g/mol. The largest absolute Gasteiger partial charge is 0.494 e. The molecule has 0 unspecified atom stereocenters. The van der Waals surface area contributed by atoms with Gasteiger partial charge >= 0.3 is 0 Å². The molecule has 0 spiro atoms. The third-order valence-corrected chi connectivity index (χ3v) is 5.24. The van der Waals surface area contributed by atoms with Gasteiger partial charge in [-0.05, 0) is 30.2 Å². The number of ether oxygens (including phenoxy) is 1. The molecule has 2 aromatic rings. The summed E-state index contributed by atoms with van der Waals surface area (Å²) in [7, 11) is 0. The van der Waals surface area contributed by atoms with Crippen LogP contribution < -0.4 is 10.1 Å². The van der Waals surface area contributed by atoms with E-state index in [-0.39, 0.29) is 24.8 Å². The quantitative estimate of drug-likeness (QED) is 0.570. The van der Waals surface area contributed by atoms with E-state index >= 15 is 0 Å². The third kappa shape index (κ3) is 5.99. The second kappa shape index (κ2) is 12.5. The zero-order valence-electron chi connectivity index (χ0n) is 16.6. The van der Waals surface area contributed by atoms with Crippen LogP contribution in [0.15, 0.2) is 36.4 Å². The first kappa shape index (κ1) is 24.0. The van der Waals surface area contributed by atoms with Gasteiger partial charge in [-0.2, -0.15) is 0 Å². The number of benzene rings is 2. The topological polar surface area (TPSA) is 24.5 Å². The van der Waals surface area contributed by atoms with Crippen molar-refractivity contribution >= 4 is 35.6 Å². The molecule has 2 aromatic carbocycles. The van der Waals surface area contributed by atoms with Gasteiger partial charge in [0.05, 0.1) is 6.61 Å². The van der Waals surface area contributed by atoms with Crippen LogP contribution in [0, 0.1) is 0 Å². The molecule has 3 rings (SSSR count). The zero-order valence-corrected chi connectivity index (χ0v) is 18.2. The Bertz CT molecular complexity index is 674. The second-order valence-corrected chi connectivity index (χ2v) is 6.93. The summed E-state index contributed by atoms with van der Waals surface area (Å²) in [6.45, 7) is 9.48. The molecular weight excluding hydrogens is 379 g/mol. The summed E-state index contributed by atoms with van der Waals surface area (Å²) < 4.78 is 6.08. The van der Waals surface area contributed by atoms with Crippen LogP contribution in [0.4, 0.5) is 0 Å². The molecule has 0 amide bonds. The maximum absolute atomic E-state index is 6.08. The fourth-order valence-corrected chi connectivity index (χ4v) is 3.99. The summed E-state index contributed by atoms with van der Waals surface area (Å²) in [5, 5.41) is 6.16. The molecule has 0 bridgehead atoms. The molecule has 152 valence electrons. The summed E-state index contributed by atoms with van der Waals surface area (Å²) in [5.74, 6) is 1.07. The van der Waals surface area contributed by atoms with E-state index < -0.39 is 0 Å². The number of nitrogens with zero attached hydrogens (tertiary/aromatic N) is 1. The lowest BCUT2D eigenvalue weighted by molar-refractivity contribution is 0.160. The lowest BCUT2D eigenvalue weighted by Gasteiger charge is -2.36. The average molecular weight is 413 g/mol. The van der Waals surface area contributed by atoms with Crippen molar-refractivity contribution in [2.24, 2.45) is 0 Å². The van der Waals surface area contributed by atoms with Crippen LogP contribution in [0.3, 0.4) is 0 Å². The van der Waals surface area contributed by atoms with Crippen LogP contribution in [-0.4, -0.2) is 37.7 Å². The number of hydrogen-bond donors (Lipinski definition) is 1. The van der Waals surface area contributed by atoms with E-state index in [4.69, 9.17) is 4.74 Å². The van der Waals surface area contributed by atoms with E-state index in [9.17, 15) is 0 Å². The fourth-order valence-electron chi connectivity index (χ4n) is 3.99. The highest BCUT2D eigenvalue weighted by Gasteiger charge is 2.26. The lowest BCUT2D eigenvalue weighted by Crippen LogP contribution is -2.45. The Labute approximate surface area is 176 Å². The molecule has 3 nitrogen and oxygen atoms in total. The Morgan fingerprint density at radius 1 is 1.00 bits per heavy atom. The van der Waals surface area contributed by atoms with Gasteiger partial charge in [0.1, 0.15) is 5.75 Å². The summed E-state index contributed by atoms with van der Waals surface area (Å²) >= 11 is 0. The number of piperazine rings is 1. The molecule has 1 aliphatic heterocycles. The van der Waals surface area contributed by atoms with Gasteiger partial charge in [0.15, 0.2) is 0 Å². The van der Waals surface area contributed by atoms with Crippen molar-refractivity contribution in [1.29, 1.82) is 0 Å². The minimum atomic E-state index is 0. The number of unbranched alkanes of at least 4 members (excludes halogenated alkanes) is 2. The molecular formula is C22H34Cl2N2O. The standard InChI is InChI=1S/C22H32N2O.2ClH/c1-3-5-6-11-20(24-16-14-23-15-17-24)22-19-10-8-7-9-18(19)12-13-21(22)25-4-2;;/h7-10,12-13,20,23H,3-6,11,14-17H2,1-2H3;2*1H/t20-;;/m0../s1. The Morgan fingerprint density at radius 3 is 2.44 bits per heavy atom. The zero-order chi connectivity index (χ0) is 17.5. The number of fused-ring (bicyclic) bond motifs is 1. The SMILES string of the molecule is CCCCC[C@@H](c1c(OCC)ccc2ccccc12)N1CCNCC1.Cl.Cl. The Kier molecular flexibility index (Phi) is 11.1. The third-order valence-electron chi connectivity index (χ3n) is 5.24. The number of hydrogen-bond acceptors (Lipinski definition) is 3.